The number of aryl methyl sites for hydroxylation is 1. The van der Waals surface area contributed by atoms with Crippen molar-refractivity contribution in [3.63, 3.8) is 0 Å². The first-order valence-corrected chi connectivity index (χ1v) is 11.1. The molecule has 158 valence electrons. The van der Waals surface area contributed by atoms with Crippen molar-refractivity contribution in [1.29, 1.82) is 0 Å². The zero-order valence-electron chi connectivity index (χ0n) is 18.4. The fourth-order valence-electron chi connectivity index (χ4n) is 3.18. The van der Waals surface area contributed by atoms with Gasteiger partial charge in [0.15, 0.2) is 0 Å². The van der Waals surface area contributed by atoms with E-state index in [4.69, 9.17) is 0 Å². The monoisotopic (exact) mass is 414 g/mol. The molecular weight excluding hydrogens is 380 g/mol. The Morgan fingerprint density at radius 1 is 0.931 bits per heavy atom. The van der Waals surface area contributed by atoms with Gasteiger partial charge in [0, 0.05) is 29.3 Å². The van der Waals surface area contributed by atoms with E-state index < -0.39 is 0 Å². The standard InChI is InChI=1S/C24H34N2O2S/c1-6-14-25(22(27)15-24(3,4)5)18-23(28)26(16-20-10-8-7-9-11-20)17-21-13-12-19(2)29-21/h7-13H,6,14-18H2,1-5H3. The molecule has 2 rings (SSSR count). The van der Waals surface area contributed by atoms with Gasteiger partial charge < -0.3 is 9.80 Å². The van der Waals surface area contributed by atoms with Crippen LogP contribution in [0.15, 0.2) is 42.5 Å². The molecule has 0 bridgehead atoms. The molecule has 5 heteroatoms. The lowest BCUT2D eigenvalue weighted by atomic mass is 9.91. The Hall–Kier alpha value is -2.14. The summed E-state index contributed by atoms with van der Waals surface area (Å²) in [6.07, 6.45) is 1.29. The highest BCUT2D eigenvalue weighted by atomic mass is 32.1. The van der Waals surface area contributed by atoms with E-state index in [0.29, 0.717) is 26.1 Å². The molecule has 2 aromatic rings. The lowest BCUT2D eigenvalue weighted by molar-refractivity contribution is -0.142. The maximum absolute atomic E-state index is 13.3. The summed E-state index contributed by atoms with van der Waals surface area (Å²) >= 11 is 1.71. The van der Waals surface area contributed by atoms with Crippen LogP contribution in [0, 0.1) is 12.3 Å². The maximum atomic E-state index is 13.3. The van der Waals surface area contributed by atoms with E-state index in [1.807, 2.05) is 42.2 Å². The minimum absolute atomic E-state index is 0.00406. The topological polar surface area (TPSA) is 40.6 Å². The molecule has 0 aliphatic heterocycles. The number of hydrogen-bond acceptors (Lipinski definition) is 3. The van der Waals surface area contributed by atoms with E-state index in [9.17, 15) is 9.59 Å². The van der Waals surface area contributed by atoms with Crippen molar-refractivity contribution in [3.8, 4) is 0 Å². The van der Waals surface area contributed by atoms with Crippen molar-refractivity contribution in [3.05, 3.63) is 57.8 Å². The summed E-state index contributed by atoms with van der Waals surface area (Å²) in [5, 5.41) is 0. The second-order valence-corrected chi connectivity index (χ2v) is 10.2. The van der Waals surface area contributed by atoms with Gasteiger partial charge in [0.05, 0.1) is 13.1 Å². The molecule has 0 unspecified atom stereocenters. The molecule has 0 aliphatic carbocycles. The molecule has 0 radical (unpaired) electrons. The van der Waals surface area contributed by atoms with Crippen LogP contribution < -0.4 is 0 Å². The summed E-state index contributed by atoms with van der Waals surface area (Å²) in [4.78, 5) is 32.0. The highest BCUT2D eigenvalue weighted by Gasteiger charge is 2.25. The first kappa shape index (κ1) is 23.1. The Morgan fingerprint density at radius 3 is 2.17 bits per heavy atom. The van der Waals surface area contributed by atoms with Crippen molar-refractivity contribution >= 4 is 23.2 Å². The second-order valence-electron chi connectivity index (χ2n) is 8.80. The summed E-state index contributed by atoms with van der Waals surface area (Å²) < 4.78 is 0. The predicted octanol–water partition coefficient (Wildman–Crippen LogP) is 5.26. The number of nitrogens with zero attached hydrogens (tertiary/aromatic N) is 2. The Kier molecular flexibility index (Phi) is 8.45. The molecular formula is C24H34N2O2S. The van der Waals surface area contributed by atoms with E-state index >= 15 is 0 Å². The largest absolute Gasteiger partial charge is 0.333 e. The van der Waals surface area contributed by atoms with Gasteiger partial charge in [-0.25, -0.2) is 0 Å². The number of carbonyl (C=O) groups is 2. The summed E-state index contributed by atoms with van der Waals surface area (Å²) in [5.74, 6) is 0.0509. The van der Waals surface area contributed by atoms with Gasteiger partial charge in [-0.05, 0) is 36.5 Å². The van der Waals surface area contributed by atoms with E-state index in [-0.39, 0.29) is 23.8 Å². The second kappa shape index (κ2) is 10.6. The van der Waals surface area contributed by atoms with Gasteiger partial charge in [0.25, 0.3) is 0 Å². The maximum Gasteiger partial charge on any atom is 0.242 e. The summed E-state index contributed by atoms with van der Waals surface area (Å²) in [7, 11) is 0. The number of benzene rings is 1. The van der Waals surface area contributed by atoms with E-state index in [2.05, 4.69) is 39.8 Å². The van der Waals surface area contributed by atoms with Crippen LogP contribution in [0.4, 0.5) is 0 Å². The van der Waals surface area contributed by atoms with Crippen LogP contribution in [0.2, 0.25) is 0 Å². The molecule has 4 nitrogen and oxygen atoms in total. The molecule has 0 aliphatic rings. The average Bonchev–Trinajstić information content (AvgIpc) is 3.05. The average molecular weight is 415 g/mol. The van der Waals surface area contributed by atoms with Crippen molar-refractivity contribution in [2.45, 2.75) is 60.5 Å². The summed E-state index contributed by atoms with van der Waals surface area (Å²) in [6, 6.07) is 14.2. The van der Waals surface area contributed by atoms with Gasteiger partial charge >= 0.3 is 0 Å². The molecule has 0 atom stereocenters. The van der Waals surface area contributed by atoms with Gasteiger partial charge in [-0.15, -0.1) is 11.3 Å². The molecule has 0 fully saturated rings. The third-order valence-electron chi connectivity index (χ3n) is 4.57. The molecule has 0 saturated carbocycles. The van der Waals surface area contributed by atoms with Crippen molar-refractivity contribution in [1.82, 2.24) is 9.80 Å². The lowest BCUT2D eigenvalue weighted by Gasteiger charge is -2.29. The third-order valence-corrected chi connectivity index (χ3v) is 5.55. The van der Waals surface area contributed by atoms with Crippen LogP contribution in [0.5, 0.6) is 0 Å². The summed E-state index contributed by atoms with van der Waals surface area (Å²) in [5.41, 5.74) is 1.00. The van der Waals surface area contributed by atoms with E-state index in [0.717, 1.165) is 16.9 Å². The Bertz CT molecular complexity index is 793. The molecule has 2 amide bonds. The number of amides is 2. The van der Waals surface area contributed by atoms with Crippen LogP contribution in [0.25, 0.3) is 0 Å². The third kappa shape index (κ3) is 8.01. The van der Waals surface area contributed by atoms with Crippen molar-refractivity contribution in [2.24, 2.45) is 5.41 Å². The number of carbonyl (C=O) groups excluding carboxylic acids is 2. The molecule has 0 N–H and O–H groups in total. The van der Waals surface area contributed by atoms with Gasteiger partial charge in [-0.3, -0.25) is 9.59 Å². The van der Waals surface area contributed by atoms with E-state index in [1.54, 1.807) is 16.2 Å². The van der Waals surface area contributed by atoms with Crippen LogP contribution in [-0.4, -0.2) is 34.7 Å². The highest BCUT2D eigenvalue weighted by molar-refractivity contribution is 7.11. The van der Waals surface area contributed by atoms with Gasteiger partial charge in [0.2, 0.25) is 11.8 Å². The molecule has 29 heavy (non-hydrogen) atoms. The van der Waals surface area contributed by atoms with Crippen LogP contribution in [0.3, 0.4) is 0 Å². The Labute approximate surface area is 179 Å². The SMILES string of the molecule is CCCN(CC(=O)N(Cc1ccccc1)Cc1ccc(C)s1)C(=O)CC(C)(C)C. The number of hydrogen-bond donors (Lipinski definition) is 0. The smallest absolute Gasteiger partial charge is 0.242 e. The Morgan fingerprint density at radius 2 is 1.62 bits per heavy atom. The first-order valence-electron chi connectivity index (χ1n) is 10.3. The van der Waals surface area contributed by atoms with Crippen molar-refractivity contribution < 1.29 is 9.59 Å². The lowest BCUT2D eigenvalue weighted by Crippen LogP contribution is -2.43. The molecule has 1 aromatic heterocycles. The number of thiophene rings is 1. The molecule has 1 heterocycles. The van der Waals surface area contributed by atoms with Gasteiger partial charge in [-0.1, -0.05) is 58.0 Å². The number of rotatable bonds is 9. The van der Waals surface area contributed by atoms with Crippen LogP contribution in [0.1, 0.15) is 55.9 Å². The summed E-state index contributed by atoms with van der Waals surface area (Å²) in [6.45, 7) is 12.1. The zero-order chi connectivity index (χ0) is 21.4. The van der Waals surface area contributed by atoms with Crippen LogP contribution in [-0.2, 0) is 22.7 Å². The van der Waals surface area contributed by atoms with Crippen molar-refractivity contribution in [2.75, 3.05) is 13.1 Å². The molecule has 0 saturated heterocycles. The minimum atomic E-state index is -0.0929. The molecule has 0 spiro atoms. The van der Waals surface area contributed by atoms with Gasteiger partial charge in [-0.2, -0.15) is 0 Å². The normalized spacial score (nSPS) is 11.3. The quantitative estimate of drug-likeness (QED) is 0.561. The highest BCUT2D eigenvalue weighted by Crippen LogP contribution is 2.21. The fraction of sp³-hybridized carbons (Fsp3) is 0.500. The van der Waals surface area contributed by atoms with E-state index in [1.165, 1.54) is 4.88 Å². The van der Waals surface area contributed by atoms with Gasteiger partial charge in [0.1, 0.15) is 0 Å². The Balaban J connectivity index is 2.16. The minimum Gasteiger partial charge on any atom is -0.333 e. The first-order chi connectivity index (χ1) is 13.7. The fourth-order valence-corrected chi connectivity index (χ4v) is 4.09. The zero-order valence-corrected chi connectivity index (χ0v) is 19.2. The predicted molar refractivity (Wildman–Crippen MR) is 121 cm³/mol. The molecule has 1 aromatic carbocycles. The van der Waals surface area contributed by atoms with Crippen LogP contribution >= 0.6 is 11.3 Å².